The van der Waals surface area contributed by atoms with Crippen molar-refractivity contribution in [3.8, 4) is 0 Å². The highest BCUT2D eigenvalue weighted by Gasteiger charge is 2.22. The number of hydrogen-bond acceptors (Lipinski definition) is 4. The Labute approximate surface area is 95.1 Å². The van der Waals surface area contributed by atoms with Crippen LogP contribution in [-0.2, 0) is 4.74 Å². The number of ether oxygens (including phenoxy) is 1. The minimum absolute atomic E-state index is 0.0486. The molecule has 1 saturated carbocycles. The Morgan fingerprint density at radius 2 is 1.88 bits per heavy atom. The number of esters is 1. The number of aromatic nitrogens is 2. The van der Waals surface area contributed by atoms with Crippen LogP contribution in [0.1, 0.15) is 43.2 Å². The summed E-state index contributed by atoms with van der Waals surface area (Å²) < 4.78 is 5.36. The van der Waals surface area contributed by atoms with E-state index in [1.54, 1.807) is 18.5 Å². The Morgan fingerprint density at radius 1 is 1.25 bits per heavy atom. The Bertz CT molecular complexity index is 345. The zero-order valence-corrected chi connectivity index (χ0v) is 9.43. The molecule has 86 valence electrons. The Hall–Kier alpha value is -1.45. The summed E-state index contributed by atoms with van der Waals surface area (Å²) in [6.07, 6.45) is 7.33. The standard InChI is InChI=1S/C12H16N2O2/c1-9-3-5-10(6-4-9)16-12(15)11-13-7-2-8-14-11/h2,7-10H,3-6H2,1H3. The van der Waals surface area contributed by atoms with Gasteiger partial charge in [0, 0.05) is 12.4 Å². The molecule has 0 aliphatic heterocycles. The molecule has 0 unspecified atom stereocenters. The quantitative estimate of drug-likeness (QED) is 0.717. The molecule has 1 aliphatic carbocycles. The van der Waals surface area contributed by atoms with Crippen molar-refractivity contribution in [2.75, 3.05) is 0 Å². The van der Waals surface area contributed by atoms with Crippen molar-refractivity contribution in [2.24, 2.45) is 5.92 Å². The molecule has 4 nitrogen and oxygen atoms in total. The van der Waals surface area contributed by atoms with Crippen molar-refractivity contribution in [1.82, 2.24) is 9.97 Å². The van der Waals surface area contributed by atoms with Crippen LogP contribution in [0.3, 0.4) is 0 Å². The molecule has 0 radical (unpaired) electrons. The predicted octanol–water partition coefficient (Wildman–Crippen LogP) is 2.21. The smallest absolute Gasteiger partial charge is 0.376 e. The summed E-state index contributed by atoms with van der Waals surface area (Å²) in [5.41, 5.74) is 0. The SMILES string of the molecule is CC1CCC(OC(=O)c2ncccn2)CC1. The highest BCUT2D eigenvalue weighted by molar-refractivity contribution is 5.85. The fraction of sp³-hybridized carbons (Fsp3) is 0.583. The van der Waals surface area contributed by atoms with E-state index in [1.165, 1.54) is 0 Å². The van der Waals surface area contributed by atoms with E-state index < -0.39 is 5.97 Å². The fourth-order valence-corrected chi connectivity index (χ4v) is 1.96. The molecule has 1 heterocycles. The van der Waals surface area contributed by atoms with Gasteiger partial charge in [-0.25, -0.2) is 14.8 Å². The van der Waals surface area contributed by atoms with Gasteiger partial charge < -0.3 is 4.74 Å². The molecule has 0 atom stereocenters. The average Bonchev–Trinajstić information content (AvgIpc) is 2.33. The molecule has 0 spiro atoms. The van der Waals surface area contributed by atoms with Crippen LogP contribution in [0.25, 0.3) is 0 Å². The third kappa shape index (κ3) is 2.78. The fourth-order valence-electron chi connectivity index (χ4n) is 1.96. The van der Waals surface area contributed by atoms with Gasteiger partial charge >= 0.3 is 5.97 Å². The first-order valence-corrected chi connectivity index (χ1v) is 5.73. The van der Waals surface area contributed by atoms with E-state index in [4.69, 9.17) is 4.74 Å². The summed E-state index contributed by atoms with van der Waals surface area (Å²) >= 11 is 0. The molecule has 1 aromatic heterocycles. The van der Waals surface area contributed by atoms with Crippen molar-refractivity contribution in [3.63, 3.8) is 0 Å². The molecular weight excluding hydrogens is 204 g/mol. The highest BCUT2D eigenvalue weighted by Crippen LogP contribution is 2.25. The van der Waals surface area contributed by atoms with Crippen LogP contribution in [0.4, 0.5) is 0 Å². The minimum atomic E-state index is -0.403. The third-order valence-corrected chi connectivity index (χ3v) is 2.98. The second kappa shape index (κ2) is 5.05. The van der Waals surface area contributed by atoms with Gasteiger partial charge in [-0.15, -0.1) is 0 Å². The minimum Gasteiger partial charge on any atom is -0.456 e. The first-order valence-electron chi connectivity index (χ1n) is 5.73. The van der Waals surface area contributed by atoms with E-state index in [2.05, 4.69) is 16.9 Å². The van der Waals surface area contributed by atoms with Crippen LogP contribution < -0.4 is 0 Å². The average molecular weight is 220 g/mol. The summed E-state index contributed by atoms with van der Waals surface area (Å²) in [7, 11) is 0. The van der Waals surface area contributed by atoms with E-state index in [0.717, 1.165) is 31.6 Å². The normalized spacial score (nSPS) is 25.1. The van der Waals surface area contributed by atoms with Crippen LogP contribution in [0.5, 0.6) is 0 Å². The lowest BCUT2D eigenvalue weighted by Crippen LogP contribution is -2.24. The molecule has 16 heavy (non-hydrogen) atoms. The molecule has 0 amide bonds. The van der Waals surface area contributed by atoms with Crippen molar-refractivity contribution in [2.45, 2.75) is 38.7 Å². The first kappa shape index (κ1) is 11.0. The lowest BCUT2D eigenvalue weighted by molar-refractivity contribution is 0.0160. The van der Waals surface area contributed by atoms with E-state index in [1.807, 2.05) is 0 Å². The summed E-state index contributed by atoms with van der Waals surface area (Å²) in [5, 5.41) is 0. The lowest BCUT2D eigenvalue weighted by Gasteiger charge is -2.25. The maximum Gasteiger partial charge on any atom is 0.376 e. The van der Waals surface area contributed by atoms with Gasteiger partial charge in [-0.05, 0) is 37.7 Å². The van der Waals surface area contributed by atoms with Gasteiger partial charge in [-0.2, -0.15) is 0 Å². The van der Waals surface area contributed by atoms with Crippen LogP contribution in [0.15, 0.2) is 18.5 Å². The van der Waals surface area contributed by atoms with E-state index in [-0.39, 0.29) is 11.9 Å². The molecule has 0 N–H and O–H groups in total. The second-order valence-corrected chi connectivity index (χ2v) is 4.36. The zero-order chi connectivity index (χ0) is 11.4. The summed E-state index contributed by atoms with van der Waals surface area (Å²) in [6, 6.07) is 1.68. The summed E-state index contributed by atoms with van der Waals surface area (Å²) in [6.45, 7) is 2.23. The van der Waals surface area contributed by atoms with E-state index >= 15 is 0 Å². The van der Waals surface area contributed by atoms with Gasteiger partial charge in [0.15, 0.2) is 0 Å². The van der Waals surface area contributed by atoms with Crippen molar-refractivity contribution in [3.05, 3.63) is 24.3 Å². The maximum absolute atomic E-state index is 11.6. The summed E-state index contributed by atoms with van der Waals surface area (Å²) in [5.74, 6) is 0.504. The lowest BCUT2D eigenvalue weighted by atomic mass is 9.89. The maximum atomic E-state index is 11.6. The molecule has 0 saturated heterocycles. The molecule has 0 aromatic carbocycles. The second-order valence-electron chi connectivity index (χ2n) is 4.36. The molecule has 1 aliphatic rings. The van der Waals surface area contributed by atoms with E-state index in [0.29, 0.717) is 0 Å². The monoisotopic (exact) mass is 220 g/mol. The molecule has 1 aromatic rings. The van der Waals surface area contributed by atoms with Gasteiger partial charge in [0.25, 0.3) is 0 Å². The van der Waals surface area contributed by atoms with Crippen molar-refractivity contribution < 1.29 is 9.53 Å². The Kier molecular flexibility index (Phi) is 3.49. The molecule has 1 fully saturated rings. The number of hydrogen-bond donors (Lipinski definition) is 0. The van der Waals surface area contributed by atoms with Gasteiger partial charge in [-0.1, -0.05) is 6.92 Å². The highest BCUT2D eigenvalue weighted by atomic mass is 16.5. The van der Waals surface area contributed by atoms with Gasteiger partial charge in [0.2, 0.25) is 5.82 Å². The van der Waals surface area contributed by atoms with Crippen LogP contribution in [0, 0.1) is 5.92 Å². The topological polar surface area (TPSA) is 52.1 Å². The number of carbonyl (C=O) groups is 1. The molecule has 4 heteroatoms. The third-order valence-electron chi connectivity index (χ3n) is 2.98. The van der Waals surface area contributed by atoms with Crippen LogP contribution in [-0.4, -0.2) is 22.0 Å². The number of nitrogens with zero attached hydrogens (tertiary/aromatic N) is 2. The van der Waals surface area contributed by atoms with Crippen molar-refractivity contribution >= 4 is 5.97 Å². The number of carbonyl (C=O) groups excluding carboxylic acids is 1. The van der Waals surface area contributed by atoms with Crippen LogP contribution >= 0.6 is 0 Å². The first-order chi connectivity index (χ1) is 7.75. The molecule has 0 bridgehead atoms. The van der Waals surface area contributed by atoms with Gasteiger partial charge in [-0.3, -0.25) is 0 Å². The Morgan fingerprint density at radius 3 is 2.50 bits per heavy atom. The van der Waals surface area contributed by atoms with Crippen molar-refractivity contribution in [1.29, 1.82) is 0 Å². The largest absolute Gasteiger partial charge is 0.456 e. The summed E-state index contributed by atoms with van der Waals surface area (Å²) in [4.78, 5) is 19.4. The van der Waals surface area contributed by atoms with Crippen LogP contribution in [0.2, 0.25) is 0 Å². The zero-order valence-electron chi connectivity index (χ0n) is 9.43. The predicted molar refractivity (Wildman–Crippen MR) is 58.9 cm³/mol. The van der Waals surface area contributed by atoms with E-state index in [9.17, 15) is 4.79 Å². The molecule has 2 rings (SSSR count). The Balaban J connectivity index is 1.88. The van der Waals surface area contributed by atoms with Gasteiger partial charge in [0.1, 0.15) is 6.10 Å². The number of rotatable bonds is 2. The van der Waals surface area contributed by atoms with Gasteiger partial charge in [0.05, 0.1) is 0 Å². The molecular formula is C12H16N2O2.